The highest BCUT2D eigenvalue weighted by atomic mass is 79.9. The minimum Gasteiger partial charge on any atom is -0.450 e. The number of guanidine groups is 1. The van der Waals surface area contributed by atoms with E-state index in [1.54, 1.807) is 11.9 Å². The largest absolute Gasteiger partial charge is 0.450 e. The number of nitrogens with zero attached hydrogens (tertiary/aromatic N) is 3. The number of carbonyl (C=O) groups is 1. The summed E-state index contributed by atoms with van der Waals surface area (Å²) in [5.41, 5.74) is 1.19. The Kier molecular flexibility index (Phi) is 6.70. The number of ether oxygens (including phenoxy) is 1. The van der Waals surface area contributed by atoms with Crippen molar-refractivity contribution in [2.45, 2.75) is 13.5 Å². The Bertz CT molecular complexity index is 557. The molecule has 1 amide bonds. The summed E-state index contributed by atoms with van der Waals surface area (Å²) >= 11 is 3.48. The average Bonchev–Trinajstić information content (AvgIpc) is 2.56. The first-order valence-corrected chi connectivity index (χ1v) is 8.55. The van der Waals surface area contributed by atoms with Gasteiger partial charge in [-0.05, 0) is 24.6 Å². The summed E-state index contributed by atoms with van der Waals surface area (Å²) in [5, 5.41) is 3.37. The molecule has 7 heteroatoms. The first kappa shape index (κ1) is 17.6. The lowest BCUT2D eigenvalue weighted by molar-refractivity contribution is 0.0914. The fraction of sp³-hybridized carbons (Fsp3) is 0.500. The first-order valence-electron chi connectivity index (χ1n) is 7.75. The second-order valence-corrected chi connectivity index (χ2v) is 6.12. The van der Waals surface area contributed by atoms with Gasteiger partial charge in [-0.25, -0.2) is 4.79 Å². The van der Waals surface area contributed by atoms with E-state index in [1.807, 2.05) is 19.1 Å². The molecule has 2 rings (SSSR count). The molecule has 0 aliphatic carbocycles. The van der Waals surface area contributed by atoms with Crippen molar-refractivity contribution in [3.8, 4) is 0 Å². The number of rotatable bonds is 3. The van der Waals surface area contributed by atoms with Crippen molar-refractivity contribution in [2.24, 2.45) is 4.99 Å². The zero-order valence-electron chi connectivity index (χ0n) is 13.6. The van der Waals surface area contributed by atoms with Crippen LogP contribution >= 0.6 is 15.9 Å². The minimum atomic E-state index is -0.232. The molecule has 1 aliphatic rings. The van der Waals surface area contributed by atoms with Crippen molar-refractivity contribution < 1.29 is 9.53 Å². The van der Waals surface area contributed by atoms with Crippen LogP contribution in [0, 0.1) is 0 Å². The Morgan fingerprint density at radius 3 is 2.61 bits per heavy atom. The van der Waals surface area contributed by atoms with Crippen molar-refractivity contribution in [2.75, 3.05) is 39.8 Å². The zero-order chi connectivity index (χ0) is 16.7. The van der Waals surface area contributed by atoms with Gasteiger partial charge in [-0.1, -0.05) is 28.1 Å². The van der Waals surface area contributed by atoms with Crippen LogP contribution in [0.15, 0.2) is 33.7 Å². The molecule has 0 atom stereocenters. The molecule has 0 bridgehead atoms. The fourth-order valence-corrected chi connectivity index (χ4v) is 2.92. The highest BCUT2D eigenvalue weighted by Crippen LogP contribution is 2.11. The Balaban J connectivity index is 1.84. The summed E-state index contributed by atoms with van der Waals surface area (Å²) in [6.07, 6.45) is -0.232. The number of hydrogen-bond donors (Lipinski definition) is 1. The van der Waals surface area contributed by atoms with E-state index in [2.05, 4.69) is 43.3 Å². The summed E-state index contributed by atoms with van der Waals surface area (Å²) in [4.78, 5) is 20.0. The molecule has 1 fully saturated rings. The van der Waals surface area contributed by atoms with Gasteiger partial charge in [-0.3, -0.25) is 4.99 Å². The molecule has 1 aliphatic heterocycles. The quantitative estimate of drug-likeness (QED) is 0.643. The second-order valence-electron chi connectivity index (χ2n) is 5.20. The Morgan fingerprint density at radius 2 is 2.00 bits per heavy atom. The molecule has 1 N–H and O–H groups in total. The van der Waals surface area contributed by atoms with Crippen LogP contribution in [-0.2, 0) is 11.3 Å². The predicted molar refractivity (Wildman–Crippen MR) is 94.5 cm³/mol. The van der Waals surface area contributed by atoms with E-state index in [0.717, 1.165) is 23.5 Å². The van der Waals surface area contributed by atoms with Crippen LogP contribution in [0.1, 0.15) is 12.5 Å². The van der Waals surface area contributed by atoms with E-state index < -0.39 is 0 Å². The number of hydrogen-bond acceptors (Lipinski definition) is 3. The van der Waals surface area contributed by atoms with Crippen LogP contribution in [0.4, 0.5) is 4.79 Å². The third-order valence-corrected chi connectivity index (χ3v) is 4.15. The monoisotopic (exact) mass is 382 g/mol. The number of piperazine rings is 1. The third kappa shape index (κ3) is 5.13. The van der Waals surface area contributed by atoms with Crippen molar-refractivity contribution in [3.63, 3.8) is 0 Å². The molecular weight excluding hydrogens is 360 g/mol. The number of benzene rings is 1. The van der Waals surface area contributed by atoms with E-state index in [9.17, 15) is 4.79 Å². The molecule has 126 valence electrons. The van der Waals surface area contributed by atoms with E-state index in [1.165, 1.54) is 5.56 Å². The van der Waals surface area contributed by atoms with Crippen molar-refractivity contribution in [3.05, 3.63) is 34.3 Å². The Labute approximate surface area is 145 Å². The molecule has 0 radical (unpaired) electrons. The first-order chi connectivity index (χ1) is 11.1. The SMILES string of the molecule is CCOC(=O)N1CCN(C(=NC)NCc2cccc(Br)c2)CC1. The van der Waals surface area contributed by atoms with Crippen LogP contribution in [-0.4, -0.2) is 61.7 Å². The van der Waals surface area contributed by atoms with Gasteiger partial charge in [0.25, 0.3) is 0 Å². The maximum Gasteiger partial charge on any atom is 0.409 e. The van der Waals surface area contributed by atoms with Crippen LogP contribution in [0.3, 0.4) is 0 Å². The number of nitrogens with one attached hydrogen (secondary N) is 1. The maximum atomic E-state index is 11.7. The van der Waals surface area contributed by atoms with Gasteiger partial charge in [0.05, 0.1) is 6.61 Å². The van der Waals surface area contributed by atoms with Crippen molar-refractivity contribution >= 4 is 28.0 Å². The molecule has 23 heavy (non-hydrogen) atoms. The lowest BCUT2D eigenvalue weighted by atomic mass is 10.2. The normalized spacial score (nSPS) is 15.5. The summed E-state index contributed by atoms with van der Waals surface area (Å²) in [5.74, 6) is 0.855. The van der Waals surface area contributed by atoms with Gasteiger partial charge in [-0.2, -0.15) is 0 Å². The van der Waals surface area contributed by atoms with Gasteiger partial charge in [0.2, 0.25) is 0 Å². The molecule has 0 unspecified atom stereocenters. The second kappa shape index (κ2) is 8.76. The van der Waals surface area contributed by atoms with Gasteiger partial charge in [-0.15, -0.1) is 0 Å². The van der Waals surface area contributed by atoms with Crippen LogP contribution < -0.4 is 5.32 Å². The molecule has 1 aromatic rings. The highest BCUT2D eigenvalue weighted by molar-refractivity contribution is 9.10. The molecule has 6 nitrogen and oxygen atoms in total. The topological polar surface area (TPSA) is 57.2 Å². The van der Waals surface area contributed by atoms with E-state index in [-0.39, 0.29) is 6.09 Å². The van der Waals surface area contributed by atoms with Crippen LogP contribution in [0.5, 0.6) is 0 Å². The number of halogens is 1. The number of aliphatic imine (C=N–C) groups is 1. The standard InChI is InChI=1S/C16H23BrN4O2/c1-3-23-16(22)21-9-7-20(8-10-21)15(18-2)19-12-13-5-4-6-14(17)11-13/h4-6,11H,3,7-10,12H2,1-2H3,(H,18,19). The summed E-state index contributed by atoms with van der Waals surface area (Å²) < 4.78 is 6.10. The van der Waals surface area contributed by atoms with Crippen LogP contribution in [0.25, 0.3) is 0 Å². The van der Waals surface area contributed by atoms with Crippen molar-refractivity contribution in [1.29, 1.82) is 0 Å². The summed E-state index contributed by atoms with van der Waals surface area (Å²) in [6.45, 7) is 5.74. The van der Waals surface area contributed by atoms with Gasteiger partial charge in [0, 0.05) is 44.2 Å². The van der Waals surface area contributed by atoms with E-state index in [0.29, 0.717) is 26.2 Å². The third-order valence-electron chi connectivity index (χ3n) is 3.66. The molecular formula is C16H23BrN4O2. The highest BCUT2D eigenvalue weighted by Gasteiger charge is 2.23. The van der Waals surface area contributed by atoms with Gasteiger partial charge in [0.1, 0.15) is 0 Å². The summed E-state index contributed by atoms with van der Waals surface area (Å²) in [6, 6.07) is 8.18. The van der Waals surface area contributed by atoms with Gasteiger partial charge in [0.15, 0.2) is 5.96 Å². The minimum absolute atomic E-state index is 0.232. The lowest BCUT2D eigenvalue weighted by Gasteiger charge is -2.35. The Hall–Kier alpha value is -1.76. The molecule has 0 spiro atoms. The molecule has 1 aromatic carbocycles. The van der Waals surface area contributed by atoms with Gasteiger partial charge >= 0.3 is 6.09 Å². The number of amides is 1. The van der Waals surface area contributed by atoms with Crippen molar-refractivity contribution in [1.82, 2.24) is 15.1 Å². The maximum absolute atomic E-state index is 11.7. The molecule has 1 saturated heterocycles. The molecule has 0 saturated carbocycles. The van der Waals surface area contributed by atoms with E-state index in [4.69, 9.17) is 4.74 Å². The fourth-order valence-electron chi connectivity index (χ4n) is 2.48. The zero-order valence-corrected chi connectivity index (χ0v) is 15.2. The molecule has 0 aromatic heterocycles. The lowest BCUT2D eigenvalue weighted by Crippen LogP contribution is -2.53. The smallest absolute Gasteiger partial charge is 0.409 e. The van der Waals surface area contributed by atoms with Crippen LogP contribution in [0.2, 0.25) is 0 Å². The van der Waals surface area contributed by atoms with E-state index >= 15 is 0 Å². The predicted octanol–water partition coefficient (Wildman–Crippen LogP) is 2.30. The average molecular weight is 383 g/mol. The summed E-state index contributed by atoms with van der Waals surface area (Å²) in [7, 11) is 1.78. The number of carbonyl (C=O) groups excluding carboxylic acids is 1. The van der Waals surface area contributed by atoms with Gasteiger partial charge < -0.3 is 19.9 Å². The Morgan fingerprint density at radius 1 is 1.30 bits per heavy atom. The molecule has 1 heterocycles.